The third kappa shape index (κ3) is 5.57. The molecule has 8 aromatic carbocycles. The van der Waals surface area contributed by atoms with Crippen molar-refractivity contribution in [3.05, 3.63) is 203 Å². The number of para-hydroxylation sites is 2. The summed E-state index contributed by atoms with van der Waals surface area (Å²) in [7, 11) is 0. The predicted octanol–water partition coefficient (Wildman–Crippen LogP) is 14.9. The van der Waals surface area contributed by atoms with Crippen molar-refractivity contribution in [2.45, 2.75) is 52.4 Å². The number of benzene rings is 8. The summed E-state index contributed by atoms with van der Waals surface area (Å²) in [6.45, 7) is 14.1. The second-order valence-electron chi connectivity index (χ2n) is 18.6. The minimum absolute atomic E-state index is 0.193. The van der Waals surface area contributed by atoms with Gasteiger partial charge in [-0.3, -0.25) is 0 Å². The molecule has 10 aromatic rings. The molecule has 2 aliphatic rings. The molecule has 2 aromatic heterocycles. The van der Waals surface area contributed by atoms with Crippen LogP contribution in [0.2, 0.25) is 0 Å². The topological polar surface area (TPSA) is 43.6 Å². The Morgan fingerprint density at radius 3 is 1.40 bits per heavy atom. The van der Waals surface area contributed by atoms with Gasteiger partial charge in [-0.2, -0.15) is 0 Å². The maximum absolute atomic E-state index is 5.11. The molecule has 0 atom stereocenters. The Morgan fingerprint density at radius 1 is 0.365 bits per heavy atom. The first-order chi connectivity index (χ1) is 30.6. The lowest BCUT2D eigenvalue weighted by molar-refractivity contribution is 0.652. The molecule has 12 rings (SSSR count). The number of hydrogen-bond acceptors (Lipinski definition) is 3. The summed E-state index contributed by atoms with van der Waals surface area (Å²) in [6.07, 6.45) is 0. The molecule has 63 heavy (non-hydrogen) atoms. The van der Waals surface area contributed by atoms with E-state index in [4.69, 9.17) is 15.0 Å². The molecule has 0 amide bonds. The van der Waals surface area contributed by atoms with Crippen LogP contribution in [0.1, 0.15) is 61.1 Å². The van der Waals surface area contributed by atoms with Gasteiger partial charge in [0.1, 0.15) is 0 Å². The van der Waals surface area contributed by atoms with Crippen molar-refractivity contribution in [2.24, 2.45) is 0 Å². The van der Waals surface area contributed by atoms with E-state index in [1.807, 2.05) is 36.4 Å². The van der Waals surface area contributed by atoms with Crippen molar-refractivity contribution >= 4 is 21.8 Å². The summed E-state index contributed by atoms with van der Waals surface area (Å²) in [5.74, 6) is 2.03. The van der Waals surface area contributed by atoms with Crippen LogP contribution >= 0.6 is 0 Å². The first-order valence-corrected chi connectivity index (χ1v) is 22.0. The standard InChI is InChI=1S/C59H46N4/c1-35-28-40(39-26-27-52-44(30-39)43-24-16-17-25-51(43)63(52)42-22-14-9-15-23-42)31-49-53(35)45-33-48-46(34-47(45)58(49,3)4)54-36(2)29-41(32-50(54)59(48,5)6)57-61-55(37-18-10-7-11-19-37)60-56(62-57)38-20-12-8-13-21-38/h7-34H,1-6H3. The molecule has 0 aliphatic heterocycles. The fourth-order valence-electron chi connectivity index (χ4n) is 10.9. The number of fused-ring (bicyclic) bond motifs is 9. The van der Waals surface area contributed by atoms with Gasteiger partial charge in [-0.25, -0.2) is 15.0 Å². The van der Waals surface area contributed by atoms with Gasteiger partial charge in [0.05, 0.1) is 11.0 Å². The SMILES string of the molecule is Cc1cc(-c2ccc3c(c2)c2ccccc2n3-c2ccccc2)cc2c1-c1cc3c(cc1C2(C)C)-c1c(C)cc(-c2nc(-c4ccccc4)nc(-c4ccccc4)n2)cc1C3(C)C. The lowest BCUT2D eigenvalue weighted by Crippen LogP contribution is -2.17. The van der Waals surface area contributed by atoms with Gasteiger partial charge in [0, 0.05) is 44.0 Å². The maximum Gasteiger partial charge on any atom is 0.164 e. The lowest BCUT2D eigenvalue weighted by atomic mass is 9.79. The van der Waals surface area contributed by atoms with Gasteiger partial charge in [-0.05, 0) is 141 Å². The van der Waals surface area contributed by atoms with Crippen LogP contribution in [-0.4, -0.2) is 19.5 Å². The van der Waals surface area contributed by atoms with E-state index in [-0.39, 0.29) is 10.8 Å². The molecule has 2 heterocycles. The van der Waals surface area contributed by atoms with Crippen LogP contribution < -0.4 is 0 Å². The molecule has 4 nitrogen and oxygen atoms in total. The third-order valence-electron chi connectivity index (χ3n) is 14.0. The van der Waals surface area contributed by atoms with E-state index in [0.29, 0.717) is 17.5 Å². The molecular formula is C59H46N4. The summed E-state index contributed by atoms with van der Waals surface area (Å²) in [4.78, 5) is 15.2. The molecule has 0 N–H and O–H groups in total. The first kappa shape index (κ1) is 37.3. The van der Waals surface area contributed by atoms with Gasteiger partial charge in [-0.15, -0.1) is 0 Å². The minimum atomic E-state index is -0.243. The molecule has 2 aliphatic carbocycles. The number of nitrogens with zero attached hydrogens (tertiary/aromatic N) is 4. The van der Waals surface area contributed by atoms with Gasteiger partial charge in [0.2, 0.25) is 0 Å². The molecule has 0 unspecified atom stereocenters. The second kappa shape index (κ2) is 13.5. The number of hydrogen-bond donors (Lipinski definition) is 0. The predicted molar refractivity (Wildman–Crippen MR) is 261 cm³/mol. The van der Waals surface area contributed by atoms with Gasteiger partial charge in [0.25, 0.3) is 0 Å². The molecule has 0 fully saturated rings. The van der Waals surface area contributed by atoms with E-state index >= 15 is 0 Å². The van der Waals surface area contributed by atoms with E-state index < -0.39 is 0 Å². The highest BCUT2D eigenvalue weighted by molar-refractivity contribution is 6.10. The Bertz CT molecular complexity index is 3450. The molecule has 0 bridgehead atoms. The zero-order valence-electron chi connectivity index (χ0n) is 36.5. The van der Waals surface area contributed by atoms with Gasteiger partial charge < -0.3 is 4.57 Å². The average Bonchev–Trinajstić information content (AvgIpc) is 3.85. The molecule has 0 spiro atoms. The van der Waals surface area contributed by atoms with E-state index in [1.165, 1.54) is 94.3 Å². The Morgan fingerprint density at radius 2 is 0.825 bits per heavy atom. The van der Waals surface area contributed by atoms with E-state index in [2.05, 4.69) is 180 Å². The van der Waals surface area contributed by atoms with Crippen LogP contribution in [0.4, 0.5) is 0 Å². The zero-order valence-corrected chi connectivity index (χ0v) is 36.5. The summed E-state index contributed by atoms with van der Waals surface area (Å²) in [6, 6.07) is 61.5. The van der Waals surface area contributed by atoms with Crippen LogP contribution in [-0.2, 0) is 10.8 Å². The second-order valence-corrected chi connectivity index (χ2v) is 18.6. The van der Waals surface area contributed by atoms with Gasteiger partial charge >= 0.3 is 0 Å². The lowest BCUT2D eigenvalue weighted by Gasteiger charge is -2.24. The maximum atomic E-state index is 5.11. The van der Waals surface area contributed by atoms with Gasteiger partial charge in [-0.1, -0.05) is 137 Å². The summed E-state index contributed by atoms with van der Waals surface area (Å²) < 4.78 is 2.39. The smallest absolute Gasteiger partial charge is 0.164 e. The molecule has 0 saturated heterocycles. The summed E-state index contributed by atoms with van der Waals surface area (Å²) in [5.41, 5.74) is 22.0. The zero-order chi connectivity index (χ0) is 42.8. The fourth-order valence-corrected chi connectivity index (χ4v) is 10.9. The quantitative estimate of drug-likeness (QED) is 0.174. The van der Waals surface area contributed by atoms with Crippen LogP contribution in [0.5, 0.6) is 0 Å². The summed E-state index contributed by atoms with van der Waals surface area (Å²) >= 11 is 0. The monoisotopic (exact) mass is 810 g/mol. The van der Waals surface area contributed by atoms with Crippen molar-refractivity contribution in [1.29, 1.82) is 0 Å². The average molecular weight is 811 g/mol. The Labute approximate surface area is 368 Å². The molecular weight excluding hydrogens is 765 g/mol. The van der Waals surface area contributed by atoms with Gasteiger partial charge in [0.15, 0.2) is 17.5 Å². The van der Waals surface area contributed by atoms with Crippen molar-refractivity contribution < 1.29 is 0 Å². The number of aromatic nitrogens is 4. The Balaban J connectivity index is 0.961. The highest BCUT2D eigenvalue weighted by atomic mass is 15.0. The molecule has 4 heteroatoms. The van der Waals surface area contributed by atoms with Crippen molar-refractivity contribution in [3.8, 4) is 73.2 Å². The van der Waals surface area contributed by atoms with Crippen LogP contribution in [0.15, 0.2) is 170 Å². The first-order valence-electron chi connectivity index (χ1n) is 22.0. The molecule has 302 valence electrons. The van der Waals surface area contributed by atoms with Crippen LogP contribution in [0, 0.1) is 13.8 Å². The summed E-state index contributed by atoms with van der Waals surface area (Å²) in [5, 5.41) is 2.54. The van der Waals surface area contributed by atoms with Crippen LogP contribution in [0.25, 0.3) is 95.0 Å². The van der Waals surface area contributed by atoms with E-state index in [9.17, 15) is 0 Å². The highest BCUT2D eigenvalue weighted by Crippen LogP contribution is 2.58. The van der Waals surface area contributed by atoms with Crippen molar-refractivity contribution in [3.63, 3.8) is 0 Å². The third-order valence-corrected chi connectivity index (χ3v) is 14.0. The van der Waals surface area contributed by atoms with E-state index in [0.717, 1.165) is 16.7 Å². The fraction of sp³-hybridized carbons (Fsp3) is 0.136. The molecule has 0 saturated carbocycles. The van der Waals surface area contributed by atoms with Crippen molar-refractivity contribution in [2.75, 3.05) is 0 Å². The minimum Gasteiger partial charge on any atom is -0.309 e. The Hall–Kier alpha value is -7.43. The van der Waals surface area contributed by atoms with E-state index in [1.54, 1.807) is 0 Å². The Kier molecular flexibility index (Phi) is 8.02. The van der Waals surface area contributed by atoms with Crippen molar-refractivity contribution in [1.82, 2.24) is 19.5 Å². The number of aryl methyl sites for hydroxylation is 2. The van der Waals surface area contributed by atoms with Crippen LogP contribution in [0.3, 0.4) is 0 Å². The molecule has 0 radical (unpaired) electrons. The number of rotatable bonds is 5. The normalized spacial score (nSPS) is 14.1. The highest BCUT2D eigenvalue weighted by Gasteiger charge is 2.43. The largest absolute Gasteiger partial charge is 0.309 e.